The number of carbonyl (C=O) groups is 1. The fourth-order valence-corrected chi connectivity index (χ4v) is 4.80. The Balaban J connectivity index is 1.30. The van der Waals surface area contributed by atoms with E-state index in [1.165, 1.54) is 12.8 Å². The number of halogens is 1. The third kappa shape index (κ3) is 3.92. The smallest absolute Gasteiger partial charge is 0.252 e. The summed E-state index contributed by atoms with van der Waals surface area (Å²) in [6.07, 6.45) is 4.23. The van der Waals surface area contributed by atoms with Crippen molar-refractivity contribution in [3.8, 4) is 22.5 Å². The molecule has 2 aliphatic rings. The second-order valence-electron chi connectivity index (χ2n) is 9.59. The standard InChI is InChI=1S/C28H27FN6O/c1-4-35-28(32-19-8-9-20-22(12-19)16(3)31-27(20)36)33-26(34-35)23-11-15(2)21(13-24(23)29)18-7-10-25(30-14-18)17-5-6-17/h7-14,16-17H,4-6H2,1-3H3,(H,31,36)(H,32,33,34). The van der Waals surface area contributed by atoms with Gasteiger partial charge in [0.25, 0.3) is 5.91 Å². The average molecular weight is 483 g/mol. The van der Waals surface area contributed by atoms with Crippen LogP contribution in [0, 0.1) is 12.7 Å². The van der Waals surface area contributed by atoms with E-state index < -0.39 is 0 Å². The molecule has 1 atom stereocenters. The van der Waals surface area contributed by atoms with Crippen molar-refractivity contribution in [2.45, 2.75) is 52.1 Å². The highest BCUT2D eigenvalue weighted by atomic mass is 19.1. The van der Waals surface area contributed by atoms with Crippen LogP contribution in [0.2, 0.25) is 0 Å². The Bertz CT molecular complexity index is 1490. The van der Waals surface area contributed by atoms with Crippen molar-refractivity contribution in [2.24, 2.45) is 0 Å². The van der Waals surface area contributed by atoms with Gasteiger partial charge in [-0.15, -0.1) is 5.10 Å². The minimum atomic E-state index is -0.377. The summed E-state index contributed by atoms with van der Waals surface area (Å²) >= 11 is 0. The number of aromatic nitrogens is 4. The lowest BCUT2D eigenvalue weighted by molar-refractivity contribution is 0.0958. The van der Waals surface area contributed by atoms with Crippen molar-refractivity contribution in [1.29, 1.82) is 0 Å². The molecule has 1 saturated carbocycles. The van der Waals surface area contributed by atoms with Gasteiger partial charge in [0, 0.05) is 41.2 Å². The first-order valence-corrected chi connectivity index (χ1v) is 12.3. The summed E-state index contributed by atoms with van der Waals surface area (Å²) in [6.45, 7) is 6.44. The number of rotatable bonds is 6. The first-order chi connectivity index (χ1) is 17.4. The third-order valence-corrected chi connectivity index (χ3v) is 6.99. The Morgan fingerprint density at radius 1 is 1.11 bits per heavy atom. The van der Waals surface area contributed by atoms with Crippen LogP contribution < -0.4 is 10.6 Å². The third-order valence-electron chi connectivity index (χ3n) is 6.99. The van der Waals surface area contributed by atoms with E-state index in [2.05, 4.69) is 25.7 Å². The number of aryl methyl sites for hydroxylation is 2. The molecule has 2 aromatic carbocycles. The number of benzene rings is 2. The van der Waals surface area contributed by atoms with Crippen molar-refractivity contribution >= 4 is 17.5 Å². The lowest BCUT2D eigenvalue weighted by Gasteiger charge is -2.09. The lowest BCUT2D eigenvalue weighted by atomic mass is 9.98. The molecule has 8 heteroatoms. The zero-order chi connectivity index (χ0) is 25.0. The number of carbonyl (C=O) groups excluding carboxylic acids is 1. The number of hydrogen-bond donors (Lipinski definition) is 2. The number of nitrogens with one attached hydrogen (secondary N) is 2. The van der Waals surface area contributed by atoms with Gasteiger partial charge in [-0.2, -0.15) is 4.98 Å². The monoisotopic (exact) mass is 482 g/mol. The van der Waals surface area contributed by atoms with Gasteiger partial charge in [-0.1, -0.05) is 6.07 Å². The summed E-state index contributed by atoms with van der Waals surface area (Å²) in [5.41, 5.74) is 6.52. The van der Waals surface area contributed by atoms with E-state index >= 15 is 4.39 Å². The zero-order valence-corrected chi connectivity index (χ0v) is 20.5. The molecule has 36 heavy (non-hydrogen) atoms. The summed E-state index contributed by atoms with van der Waals surface area (Å²) in [7, 11) is 0. The van der Waals surface area contributed by atoms with Crippen LogP contribution in [-0.4, -0.2) is 25.7 Å². The van der Waals surface area contributed by atoms with Gasteiger partial charge >= 0.3 is 0 Å². The number of hydrogen-bond acceptors (Lipinski definition) is 5. The molecule has 0 bridgehead atoms. The highest BCUT2D eigenvalue weighted by Crippen LogP contribution is 2.39. The van der Waals surface area contributed by atoms with E-state index in [4.69, 9.17) is 0 Å². The summed E-state index contributed by atoms with van der Waals surface area (Å²) in [6, 6.07) is 12.9. The average Bonchev–Trinajstić information content (AvgIpc) is 3.59. The molecular formula is C28H27FN6O. The predicted octanol–water partition coefficient (Wildman–Crippen LogP) is 5.90. The number of anilines is 2. The van der Waals surface area contributed by atoms with E-state index in [-0.39, 0.29) is 17.8 Å². The Morgan fingerprint density at radius 2 is 1.94 bits per heavy atom. The van der Waals surface area contributed by atoms with Gasteiger partial charge in [0.05, 0.1) is 11.6 Å². The summed E-state index contributed by atoms with van der Waals surface area (Å²) in [5, 5.41) is 10.8. The molecule has 1 amide bonds. The van der Waals surface area contributed by atoms with Crippen molar-refractivity contribution in [3.63, 3.8) is 0 Å². The summed E-state index contributed by atoms with van der Waals surface area (Å²) in [4.78, 5) is 21.2. The summed E-state index contributed by atoms with van der Waals surface area (Å²) in [5.74, 6) is 0.976. The fourth-order valence-electron chi connectivity index (χ4n) is 4.80. The topological polar surface area (TPSA) is 84.7 Å². The second-order valence-corrected chi connectivity index (χ2v) is 9.59. The van der Waals surface area contributed by atoms with Crippen LogP contribution in [0.4, 0.5) is 16.0 Å². The first kappa shape index (κ1) is 22.4. The van der Waals surface area contributed by atoms with Crippen molar-refractivity contribution < 1.29 is 9.18 Å². The molecule has 1 aliphatic carbocycles. The van der Waals surface area contributed by atoms with Crippen LogP contribution in [0.1, 0.15) is 65.8 Å². The largest absolute Gasteiger partial charge is 0.345 e. The molecule has 1 aliphatic heterocycles. The summed E-state index contributed by atoms with van der Waals surface area (Å²) < 4.78 is 17.1. The maximum atomic E-state index is 15.4. The second kappa shape index (κ2) is 8.55. The quantitative estimate of drug-likeness (QED) is 0.357. The maximum absolute atomic E-state index is 15.4. The molecule has 7 nitrogen and oxygen atoms in total. The number of fused-ring (bicyclic) bond motifs is 1. The van der Waals surface area contributed by atoms with Crippen molar-refractivity contribution in [1.82, 2.24) is 25.1 Å². The number of pyridine rings is 1. The normalized spacial score (nSPS) is 16.7. The lowest BCUT2D eigenvalue weighted by Crippen LogP contribution is -2.16. The fraction of sp³-hybridized carbons (Fsp3) is 0.286. The van der Waals surface area contributed by atoms with Crippen LogP contribution in [0.25, 0.3) is 22.5 Å². The molecule has 1 unspecified atom stereocenters. The van der Waals surface area contributed by atoms with Gasteiger partial charge in [0.2, 0.25) is 5.95 Å². The van der Waals surface area contributed by atoms with Crippen molar-refractivity contribution in [2.75, 3.05) is 5.32 Å². The highest BCUT2D eigenvalue weighted by Gasteiger charge is 2.26. The zero-order valence-electron chi connectivity index (χ0n) is 20.5. The molecule has 0 radical (unpaired) electrons. The molecule has 6 rings (SSSR count). The molecule has 2 N–H and O–H groups in total. The van der Waals surface area contributed by atoms with Gasteiger partial charge in [0.1, 0.15) is 5.82 Å². The van der Waals surface area contributed by atoms with Crippen molar-refractivity contribution in [3.05, 3.63) is 76.9 Å². The Morgan fingerprint density at radius 3 is 2.67 bits per heavy atom. The Hall–Kier alpha value is -4.07. The van der Waals surface area contributed by atoms with Crippen LogP contribution in [0.3, 0.4) is 0 Å². The van der Waals surface area contributed by atoms with Gasteiger partial charge in [-0.05, 0) is 86.7 Å². The predicted molar refractivity (Wildman–Crippen MR) is 137 cm³/mol. The van der Waals surface area contributed by atoms with E-state index in [0.717, 1.165) is 33.6 Å². The number of amides is 1. The molecule has 4 aromatic rings. The molecule has 0 spiro atoms. The van der Waals surface area contributed by atoms with E-state index in [9.17, 15) is 4.79 Å². The Kier molecular flexibility index (Phi) is 5.32. The molecule has 3 heterocycles. The minimum Gasteiger partial charge on any atom is -0.345 e. The van der Waals surface area contributed by atoms with E-state index in [0.29, 0.717) is 35.4 Å². The Labute approximate surface area is 208 Å². The highest BCUT2D eigenvalue weighted by molar-refractivity contribution is 5.99. The van der Waals surface area contributed by atoms with Gasteiger partial charge < -0.3 is 10.6 Å². The van der Waals surface area contributed by atoms with Gasteiger partial charge in [-0.3, -0.25) is 9.78 Å². The van der Waals surface area contributed by atoms with Gasteiger partial charge in [-0.25, -0.2) is 9.07 Å². The SMILES string of the molecule is CCn1nc(-c2cc(C)c(-c3ccc(C4CC4)nc3)cc2F)nc1Nc1ccc2c(c1)C(C)NC2=O. The first-order valence-electron chi connectivity index (χ1n) is 12.3. The maximum Gasteiger partial charge on any atom is 0.252 e. The van der Waals surface area contributed by atoms with Gasteiger partial charge in [0.15, 0.2) is 5.82 Å². The van der Waals surface area contributed by atoms with Crippen LogP contribution in [0.15, 0.2) is 48.7 Å². The van der Waals surface area contributed by atoms with Crippen LogP contribution >= 0.6 is 0 Å². The molecule has 1 fully saturated rings. The molecular weight excluding hydrogens is 455 g/mol. The van der Waals surface area contributed by atoms with Crippen LogP contribution in [-0.2, 0) is 6.54 Å². The molecule has 0 saturated heterocycles. The minimum absolute atomic E-state index is 0.0513. The molecule has 2 aromatic heterocycles. The van der Waals surface area contributed by atoms with E-state index in [1.807, 2.05) is 51.2 Å². The van der Waals surface area contributed by atoms with E-state index in [1.54, 1.807) is 22.9 Å². The molecule has 182 valence electrons. The van der Waals surface area contributed by atoms with Crippen LogP contribution in [0.5, 0.6) is 0 Å². The number of nitrogens with zero attached hydrogens (tertiary/aromatic N) is 4.